The molecule has 2 amide bonds. The topological polar surface area (TPSA) is 61.4 Å². The Hall–Kier alpha value is -1.20. The summed E-state index contributed by atoms with van der Waals surface area (Å²) in [5.41, 5.74) is -0.476. The number of hydrogen-bond donors (Lipinski definition) is 3. The molecule has 1 aliphatic rings. The van der Waals surface area contributed by atoms with Crippen molar-refractivity contribution < 1.29 is 9.90 Å². The number of nitrogens with one attached hydrogen (secondary N) is 2. The van der Waals surface area contributed by atoms with E-state index in [-0.39, 0.29) is 12.6 Å². The molecule has 0 bridgehead atoms. The Morgan fingerprint density at radius 2 is 2.10 bits per heavy atom. The normalized spacial score (nSPS) is 17.3. The van der Waals surface area contributed by atoms with Gasteiger partial charge < -0.3 is 15.7 Å². The van der Waals surface area contributed by atoms with Crippen LogP contribution in [0, 0.1) is 5.92 Å². The van der Waals surface area contributed by atoms with Crippen molar-refractivity contribution in [1.29, 1.82) is 0 Å². The smallest absolute Gasteiger partial charge is 0.315 e. The Morgan fingerprint density at radius 1 is 1.40 bits per heavy atom. The third-order valence-electron chi connectivity index (χ3n) is 3.61. The zero-order chi connectivity index (χ0) is 14.4. The maximum atomic E-state index is 11.8. The Kier molecular flexibility index (Phi) is 5.31. The molecule has 1 saturated carbocycles. The summed E-state index contributed by atoms with van der Waals surface area (Å²) in [5.74, 6) is 1.24. The number of urea groups is 1. The van der Waals surface area contributed by atoms with Crippen LogP contribution in [0.4, 0.5) is 4.79 Å². The van der Waals surface area contributed by atoms with Gasteiger partial charge in [-0.15, -0.1) is 11.8 Å². The standard InChI is InChI=1S/C15H22N2O2S/c1-15(11-18,12-7-8-12)17-14(19)16-9-10-20-13-5-3-2-4-6-13/h2-6,12,18H,7-11H2,1H3,(H2,16,17,19). The van der Waals surface area contributed by atoms with Gasteiger partial charge in [0.15, 0.2) is 0 Å². The van der Waals surface area contributed by atoms with Gasteiger partial charge in [0.1, 0.15) is 0 Å². The number of amides is 2. The highest BCUT2D eigenvalue weighted by Gasteiger charge is 2.42. The number of carbonyl (C=O) groups is 1. The lowest BCUT2D eigenvalue weighted by molar-refractivity contribution is 0.155. The summed E-state index contributed by atoms with van der Waals surface area (Å²) in [5, 5.41) is 15.2. The van der Waals surface area contributed by atoms with Gasteiger partial charge in [-0.1, -0.05) is 18.2 Å². The highest BCUT2D eigenvalue weighted by Crippen LogP contribution is 2.39. The second kappa shape index (κ2) is 6.99. The molecule has 1 unspecified atom stereocenters. The van der Waals surface area contributed by atoms with Crippen molar-refractivity contribution in [3.8, 4) is 0 Å². The average molecular weight is 294 g/mol. The number of carbonyl (C=O) groups excluding carboxylic acids is 1. The molecule has 0 aromatic heterocycles. The second-order valence-electron chi connectivity index (χ2n) is 5.39. The van der Waals surface area contributed by atoms with Gasteiger partial charge >= 0.3 is 6.03 Å². The average Bonchev–Trinajstić information content (AvgIpc) is 3.29. The van der Waals surface area contributed by atoms with E-state index >= 15 is 0 Å². The minimum absolute atomic E-state index is 0.0101. The summed E-state index contributed by atoms with van der Waals surface area (Å²) >= 11 is 1.71. The largest absolute Gasteiger partial charge is 0.394 e. The Bertz CT molecular complexity index is 437. The fourth-order valence-corrected chi connectivity index (χ4v) is 2.93. The van der Waals surface area contributed by atoms with E-state index in [0.29, 0.717) is 12.5 Å². The van der Waals surface area contributed by atoms with Gasteiger partial charge in [-0.3, -0.25) is 0 Å². The molecule has 0 radical (unpaired) electrons. The highest BCUT2D eigenvalue weighted by atomic mass is 32.2. The maximum absolute atomic E-state index is 11.8. The van der Waals surface area contributed by atoms with Gasteiger partial charge in [0, 0.05) is 17.2 Å². The molecule has 0 heterocycles. The molecule has 3 N–H and O–H groups in total. The lowest BCUT2D eigenvalue weighted by atomic mass is 9.97. The predicted molar refractivity (Wildman–Crippen MR) is 81.9 cm³/mol. The number of aliphatic hydroxyl groups excluding tert-OH is 1. The van der Waals surface area contributed by atoms with Crippen LogP contribution in [0.5, 0.6) is 0 Å². The molecule has 1 aromatic rings. The molecule has 1 aliphatic carbocycles. The molecule has 1 atom stereocenters. The van der Waals surface area contributed by atoms with E-state index in [0.717, 1.165) is 18.6 Å². The molecule has 2 rings (SSSR count). The van der Waals surface area contributed by atoms with Crippen LogP contribution in [0.2, 0.25) is 0 Å². The van der Waals surface area contributed by atoms with Crippen molar-refractivity contribution in [1.82, 2.24) is 10.6 Å². The van der Waals surface area contributed by atoms with E-state index in [9.17, 15) is 9.90 Å². The first-order valence-corrected chi connectivity index (χ1v) is 7.97. The van der Waals surface area contributed by atoms with Crippen LogP contribution < -0.4 is 10.6 Å². The van der Waals surface area contributed by atoms with Crippen LogP contribution in [-0.2, 0) is 0 Å². The first kappa shape index (κ1) is 15.2. The van der Waals surface area contributed by atoms with E-state index in [1.807, 2.05) is 25.1 Å². The summed E-state index contributed by atoms with van der Waals surface area (Å²) in [6.07, 6.45) is 2.17. The fourth-order valence-electron chi connectivity index (χ4n) is 2.14. The quantitative estimate of drug-likeness (QED) is 0.534. The Morgan fingerprint density at radius 3 is 2.70 bits per heavy atom. The number of benzene rings is 1. The molecule has 0 aliphatic heterocycles. The summed E-state index contributed by atoms with van der Waals surface area (Å²) < 4.78 is 0. The zero-order valence-electron chi connectivity index (χ0n) is 11.8. The molecule has 4 nitrogen and oxygen atoms in total. The SMILES string of the molecule is CC(CO)(NC(=O)NCCSc1ccccc1)C1CC1. The van der Waals surface area contributed by atoms with Gasteiger partial charge in [-0.05, 0) is 37.8 Å². The molecular weight excluding hydrogens is 272 g/mol. The number of aliphatic hydroxyl groups is 1. The second-order valence-corrected chi connectivity index (χ2v) is 6.56. The molecule has 0 saturated heterocycles. The van der Waals surface area contributed by atoms with Crippen LogP contribution in [-0.4, -0.2) is 35.6 Å². The van der Waals surface area contributed by atoms with Gasteiger partial charge in [-0.2, -0.15) is 0 Å². The molecular formula is C15H22N2O2S. The van der Waals surface area contributed by atoms with Crippen molar-refractivity contribution in [3.63, 3.8) is 0 Å². The minimum atomic E-state index is -0.476. The first-order valence-electron chi connectivity index (χ1n) is 6.99. The van der Waals surface area contributed by atoms with Gasteiger partial charge in [0.05, 0.1) is 12.1 Å². The highest BCUT2D eigenvalue weighted by molar-refractivity contribution is 7.99. The van der Waals surface area contributed by atoms with Crippen molar-refractivity contribution in [2.75, 3.05) is 18.9 Å². The monoisotopic (exact) mass is 294 g/mol. The van der Waals surface area contributed by atoms with Crippen LogP contribution in [0.15, 0.2) is 35.2 Å². The minimum Gasteiger partial charge on any atom is -0.394 e. The first-order chi connectivity index (χ1) is 9.64. The van der Waals surface area contributed by atoms with E-state index in [4.69, 9.17) is 0 Å². The molecule has 20 heavy (non-hydrogen) atoms. The lowest BCUT2D eigenvalue weighted by Gasteiger charge is -2.28. The van der Waals surface area contributed by atoms with E-state index in [2.05, 4.69) is 22.8 Å². The fraction of sp³-hybridized carbons (Fsp3) is 0.533. The summed E-state index contributed by atoms with van der Waals surface area (Å²) in [6, 6.07) is 9.92. The van der Waals surface area contributed by atoms with E-state index < -0.39 is 5.54 Å². The molecule has 0 spiro atoms. The van der Waals surface area contributed by atoms with E-state index in [1.165, 1.54) is 4.90 Å². The van der Waals surface area contributed by atoms with E-state index in [1.54, 1.807) is 11.8 Å². The van der Waals surface area contributed by atoms with Crippen LogP contribution in [0.25, 0.3) is 0 Å². The third kappa shape index (κ3) is 4.42. The summed E-state index contributed by atoms with van der Waals surface area (Å²) in [4.78, 5) is 13.0. The summed E-state index contributed by atoms with van der Waals surface area (Å²) in [7, 11) is 0. The molecule has 5 heteroatoms. The van der Waals surface area contributed by atoms with Gasteiger partial charge in [0.25, 0.3) is 0 Å². The van der Waals surface area contributed by atoms with Crippen molar-refractivity contribution in [3.05, 3.63) is 30.3 Å². The van der Waals surface area contributed by atoms with Crippen molar-refractivity contribution in [2.24, 2.45) is 5.92 Å². The molecule has 1 fully saturated rings. The van der Waals surface area contributed by atoms with Gasteiger partial charge in [-0.25, -0.2) is 4.79 Å². The Labute approximate surface area is 124 Å². The molecule has 110 valence electrons. The van der Waals surface area contributed by atoms with Crippen LogP contribution in [0.3, 0.4) is 0 Å². The Balaban J connectivity index is 1.65. The number of rotatable bonds is 7. The lowest BCUT2D eigenvalue weighted by Crippen LogP contribution is -2.54. The number of thioether (sulfide) groups is 1. The van der Waals surface area contributed by atoms with Crippen LogP contribution >= 0.6 is 11.8 Å². The maximum Gasteiger partial charge on any atom is 0.315 e. The predicted octanol–water partition coefficient (Wildman–Crippen LogP) is 2.24. The molecule has 1 aromatic carbocycles. The van der Waals surface area contributed by atoms with Crippen LogP contribution in [0.1, 0.15) is 19.8 Å². The van der Waals surface area contributed by atoms with Crippen molar-refractivity contribution >= 4 is 17.8 Å². The third-order valence-corrected chi connectivity index (χ3v) is 4.62. The summed E-state index contributed by atoms with van der Waals surface area (Å²) in [6.45, 7) is 2.50. The van der Waals surface area contributed by atoms with Crippen molar-refractivity contribution in [2.45, 2.75) is 30.2 Å². The zero-order valence-corrected chi connectivity index (χ0v) is 12.6. The van der Waals surface area contributed by atoms with Gasteiger partial charge in [0.2, 0.25) is 0 Å². The number of hydrogen-bond acceptors (Lipinski definition) is 3.